The Morgan fingerprint density at radius 1 is 1.09 bits per heavy atom. The van der Waals surface area contributed by atoms with Crippen LogP contribution < -0.4 is 0 Å². The minimum Gasteiger partial charge on any atom is -0.465 e. The predicted molar refractivity (Wildman–Crippen MR) is 118 cm³/mol. The molecule has 0 fully saturated rings. The van der Waals surface area contributed by atoms with Crippen molar-refractivity contribution in [1.29, 1.82) is 0 Å². The fourth-order valence-electron chi connectivity index (χ4n) is 3.88. The first-order valence-electron chi connectivity index (χ1n) is 9.87. The maximum Gasteiger partial charge on any atom is 0.337 e. The van der Waals surface area contributed by atoms with Gasteiger partial charge in [0.05, 0.1) is 31.0 Å². The molecule has 1 amide bonds. The number of ether oxygens (including phenoxy) is 3. The third kappa shape index (κ3) is 3.88. The van der Waals surface area contributed by atoms with E-state index in [1.165, 1.54) is 21.3 Å². The van der Waals surface area contributed by atoms with Crippen LogP contribution in [0.5, 0.6) is 0 Å². The lowest BCUT2D eigenvalue weighted by atomic mass is 9.95. The molecule has 32 heavy (non-hydrogen) atoms. The summed E-state index contributed by atoms with van der Waals surface area (Å²) >= 11 is 6.05. The van der Waals surface area contributed by atoms with Crippen LogP contribution in [0.1, 0.15) is 38.0 Å². The zero-order valence-corrected chi connectivity index (χ0v) is 18.6. The number of amides is 1. The van der Waals surface area contributed by atoms with Crippen LogP contribution >= 0.6 is 11.6 Å². The van der Waals surface area contributed by atoms with Gasteiger partial charge in [-0.3, -0.25) is 9.89 Å². The van der Waals surface area contributed by atoms with Gasteiger partial charge in [0.1, 0.15) is 5.69 Å². The van der Waals surface area contributed by atoms with E-state index in [4.69, 9.17) is 25.8 Å². The van der Waals surface area contributed by atoms with Gasteiger partial charge in [-0.1, -0.05) is 35.9 Å². The molecule has 1 aromatic heterocycles. The average molecular weight is 456 g/mol. The van der Waals surface area contributed by atoms with E-state index in [0.717, 1.165) is 16.7 Å². The number of nitrogens with zero attached hydrogens (tertiary/aromatic N) is 2. The summed E-state index contributed by atoms with van der Waals surface area (Å²) in [6, 6.07) is 13.8. The molecule has 2 aromatic carbocycles. The van der Waals surface area contributed by atoms with E-state index in [2.05, 4.69) is 10.2 Å². The highest BCUT2D eigenvalue weighted by Gasteiger charge is 2.43. The van der Waals surface area contributed by atoms with E-state index < -0.39 is 18.3 Å². The van der Waals surface area contributed by atoms with Crippen molar-refractivity contribution >= 4 is 23.5 Å². The number of hydrogen-bond acceptors (Lipinski definition) is 6. The van der Waals surface area contributed by atoms with E-state index >= 15 is 0 Å². The van der Waals surface area contributed by atoms with Gasteiger partial charge in [0.25, 0.3) is 5.91 Å². The van der Waals surface area contributed by atoms with Crippen LogP contribution in [0.3, 0.4) is 0 Å². The topological polar surface area (TPSA) is 93.8 Å². The van der Waals surface area contributed by atoms with Crippen molar-refractivity contribution in [1.82, 2.24) is 15.1 Å². The third-order valence-electron chi connectivity index (χ3n) is 5.50. The van der Waals surface area contributed by atoms with Gasteiger partial charge in [-0.25, -0.2) is 4.79 Å². The molecule has 8 nitrogen and oxygen atoms in total. The molecular weight excluding hydrogens is 434 g/mol. The molecule has 2 heterocycles. The van der Waals surface area contributed by atoms with Gasteiger partial charge < -0.3 is 19.1 Å². The molecule has 1 aliphatic heterocycles. The number of H-pyrrole nitrogens is 1. The summed E-state index contributed by atoms with van der Waals surface area (Å²) in [5.74, 6) is -0.644. The highest BCUT2D eigenvalue weighted by Crippen LogP contribution is 2.43. The Bertz CT molecular complexity index is 1120. The van der Waals surface area contributed by atoms with Gasteiger partial charge in [0, 0.05) is 30.4 Å². The highest BCUT2D eigenvalue weighted by molar-refractivity contribution is 6.30. The fourth-order valence-corrected chi connectivity index (χ4v) is 4.01. The van der Waals surface area contributed by atoms with E-state index in [9.17, 15) is 9.59 Å². The molecule has 0 bridgehead atoms. The molecule has 0 aliphatic carbocycles. The molecule has 1 atom stereocenters. The molecule has 0 radical (unpaired) electrons. The number of aromatic nitrogens is 2. The van der Waals surface area contributed by atoms with E-state index in [1.54, 1.807) is 41.3 Å². The maximum atomic E-state index is 13.3. The zero-order valence-electron chi connectivity index (χ0n) is 17.8. The van der Waals surface area contributed by atoms with Crippen molar-refractivity contribution in [2.24, 2.45) is 0 Å². The fraction of sp³-hybridized carbons (Fsp3) is 0.261. The van der Waals surface area contributed by atoms with Crippen molar-refractivity contribution in [3.8, 4) is 11.3 Å². The maximum absolute atomic E-state index is 13.3. The number of aromatic amines is 1. The first-order valence-corrected chi connectivity index (χ1v) is 10.2. The Morgan fingerprint density at radius 3 is 2.34 bits per heavy atom. The molecule has 9 heteroatoms. The van der Waals surface area contributed by atoms with Crippen LogP contribution in [-0.2, 0) is 14.2 Å². The molecule has 1 N–H and O–H groups in total. The Kier molecular flexibility index (Phi) is 6.27. The number of rotatable bonds is 7. The zero-order chi connectivity index (χ0) is 22.8. The van der Waals surface area contributed by atoms with Gasteiger partial charge in [-0.05, 0) is 29.8 Å². The second-order valence-corrected chi connectivity index (χ2v) is 7.68. The van der Waals surface area contributed by atoms with Crippen molar-refractivity contribution in [2.75, 3.05) is 27.9 Å². The van der Waals surface area contributed by atoms with E-state index in [0.29, 0.717) is 22.0 Å². The van der Waals surface area contributed by atoms with Crippen molar-refractivity contribution in [3.63, 3.8) is 0 Å². The van der Waals surface area contributed by atoms with E-state index in [1.807, 2.05) is 12.1 Å². The second-order valence-electron chi connectivity index (χ2n) is 7.24. The summed E-state index contributed by atoms with van der Waals surface area (Å²) in [6.07, 6.45) is -0.605. The molecule has 0 saturated carbocycles. The molecule has 0 saturated heterocycles. The molecule has 3 aromatic rings. The lowest BCUT2D eigenvalue weighted by molar-refractivity contribution is -0.113. The summed E-state index contributed by atoms with van der Waals surface area (Å²) in [4.78, 5) is 26.9. The van der Waals surface area contributed by atoms with Crippen LogP contribution in [0.2, 0.25) is 5.02 Å². The van der Waals surface area contributed by atoms with Gasteiger partial charge in [-0.2, -0.15) is 5.10 Å². The predicted octanol–water partition coefficient (Wildman–Crippen LogP) is 3.68. The summed E-state index contributed by atoms with van der Waals surface area (Å²) in [7, 11) is 4.38. The van der Waals surface area contributed by atoms with Crippen LogP contribution in [0.4, 0.5) is 0 Å². The summed E-state index contributed by atoms with van der Waals surface area (Å²) in [5.41, 5.74) is 3.86. The summed E-state index contributed by atoms with van der Waals surface area (Å²) in [6.45, 7) is 0.206. The quantitative estimate of drug-likeness (QED) is 0.431. The molecule has 4 rings (SSSR count). The summed E-state index contributed by atoms with van der Waals surface area (Å²) in [5, 5.41) is 7.93. The van der Waals surface area contributed by atoms with E-state index in [-0.39, 0.29) is 12.5 Å². The van der Waals surface area contributed by atoms with Gasteiger partial charge in [-0.15, -0.1) is 0 Å². The van der Waals surface area contributed by atoms with Crippen LogP contribution in [0, 0.1) is 0 Å². The van der Waals surface area contributed by atoms with Crippen molar-refractivity contribution in [3.05, 3.63) is 75.9 Å². The molecule has 166 valence electrons. The Balaban J connectivity index is 1.82. The number of carbonyl (C=O) groups excluding carboxylic acids is 2. The number of methoxy groups -OCH3 is 3. The third-order valence-corrected chi connectivity index (χ3v) is 5.75. The largest absolute Gasteiger partial charge is 0.465 e. The summed E-state index contributed by atoms with van der Waals surface area (Å²) < 4.78 is 15.5. The van der Waals surface area contributed by atoms with Gasteiger partial charge >= 0.3 is 5.97 Å². The monoisotopic (exact) mass is 455 g/mol. The number of halogens is 1. The second kappa shape index (κ2) is 9.12. The number of benzene rings is 2. The Hall–Kier alpha value is -3.20. The number of fused-ring (bicyclic) bond motifs is 1. The van der Waals surface area contributed by atoms with Crippen molar-refractivity contribution < 1.29 is 23.8 Å². The van der Waals surface area contributed by atoms with Gasteiger partial charge in [0.2, 0.25) is 0 Å². The molecule has 1 aliphatic rings. The lowest BCUT2D eigenvalue weighted by Crippen LogP contribution is -2.38. The number of carbonyl (C=O) groups is 2. The number of hydrogen-bond donors (Lipinski definition) is 1. The SMILES string of the molecule is COC(=O)c1ccc(C2c3c(-c4ccc(Cl)cc4)n[nH]c3C(=O)N2CC(OC)OC)cc1. The van der Waals surface area contributed by atoms with Crippen LogP contribution in [0.25, 0.3) is 11.3 Å². The average Bonchev–Trinajstić information content (AvgIpc) is 3.36. The number of esters is 1. The standard InChI is InChI=1S/C23H22ClN3O5/c1-30-17(31-2)12-27-21(14-4-6-15(7-5-14)23(29)32-3)18-19(25-26-20(18)22(27)28)13-8-10-16(24)11-9-13/h4-11,17,21H,12H2,1-3H3,(H,25,26). The smallest absolute Gasteiger partial charge is 0.337 e. The lowest BCUT2D eigenvalue weighted by Gasteiger charge is -2.29. The Morgan fingerprint density at radius 2 is 1.75 bits per heavy atom. The molecule has 0 spiro atoms. The highest BCUT2D eigenvalue weighted by atomic mass is 35.5. The first-order chi connectivity index (χ1) is 15.5. The van der Waals surface area contributed by atoms with Crippen LogP contribution in [0.15, 0.2) is 48.5 Å². The molecular formula is C23H22ClN3O5. The number of nitrogens with one attached hydrogen (secondary N) is 1. The van der Waals surface area contributed by atoms with Crippen LogP contribution in [-0.4, -0.2) is 61.1 Å². The first kappa shape index (κ1) is 22.0. The van der Waals surface area contributed by atoms with Gasteiger partial charge in [0.15, 0.2) is 6.29 Å². The van der Waals surface area contributed by atoms with Crippen molar-refractivity contribution in [2.45, 2.75) is 12.3 Å². The molecule has 1 unspecified atom stereocenters. The minimum absolute atomic E-state index is 0.206. The Labute approximate surface area is 190 Å². The normalized spacial score (nSPS) is 15.3. The minimum atomic E-state index is -0.605.